The zero-order chi connectivity index (χ0) is 19.1. The van der Waals surface area contributed by atoms with E-state index in [0.717, 1.165) is 17.0 Å². The average molecular weight is 366 g/mol. The molecule has 0 aliphatic carbocycles. The molecule has 0 atom stereocenters. The highest BCUT2D eigenvalue weighted by molar-refractivity contribution is 5.89. The van der Waals surface area contributed by atoms with Gasteiger partial charge < -0.3 is 19.5 Å². The highest BCUT2D eigenvalue weighted by atomic mass is 16.5. The van der Waals surface area contributed by atoms with Gasteiger partial charge in [-0.15, -0.1) is 0 Å². The highest BCUT2D eigenvalue weighted by Gasteiger charge is 2.12. The van der Waals surface area contributed by atoms with E-state index in [2.05, 4.69) is 15.5 Å². The third kappa shape index (κ3) is 5.31. The highest BCUT2D eigenvalue weighted by Crippen LogP contribution is 2.14. The summed E-state index contributed by atoms with van der Waals surface area (Å²) >= 11 is 0. The zero-order valence-electron chi connectivity index (χ0n) is 15.4. The number of hydrogen-bond acceptors (Lipinski definition) is 5. The summed E-state index contributed by atoms with van der Waals surface area (Å²) in [5.41, 5.74) is 1.81. The number of nitrogens with one attached hydrogen (secondary N) is 1. The van der Waals surface area contributed by atoms with Crippen LogP contribution in [0.4, 0.5) is 10.5 Å². The van der Waals surface area contributed by atoms with Gasteiger partial charge in [0.05, 0.1) is 0 Å². The van der Waals surface area contributed by atoms with Crippen LogP contribution in [0.3, 0.4) is 0 Å². The van der Waals surface area contributed by atoms with Crippen LogP contribution in [0.1, 0.15) is 17.3 Å². The Morgan fingerprint density at radius 1 is 1.15 bits per heavy atom. The first-order valence-electron chi connectivity index (χ1n) is 8.69. The largest absolute Gasteiger partial charge is 0.484 e. The first kappa shape index (κ1) is 18.4. The number of aryl methyl sites for hydroxylation is 1. The lowest BCUT2D eigenvalue weighted by Crippen LogP contribution is -2.33. The normalized spacial score (nSPS) is 10.4. The van der Waals surface area contributed by atoms with E-state index in [4.69, 9.17) is 9.26 Å². The Hall–Kier alpha value is -3.35. The van der Waals surface area contributed by atoms with Crippen LogP contribution in [0.2, 0.25) is 0 Å². The van der Waals surface area contributed by atoms with E-state index in [1.807, 2.05) is 61.5 Å². The van der Waals surface area contributed by atoms with Gasteiger partial charge >= 0.3 is 6.03 Å². The van der Waals surface area contributed by atoms with Gasteiger partial charge in [0.2, 0.25) is 0 Å². The van der Waals surface area contributed by atoms with Crippen molar-refractivity contribution in [2.75, 3.05) is 18.9 Å². The maximum absolute atomic E-state index is 12.3. The van der Waals surface area contributed by atoms with Gasteiger partial charge in [-0.3, -0.25) is 0 Å². The number of benzene rings is 2. The maximum atomic E-state index is 12.3. The van der Waals surface area contributed by atoms with E-state index in [-0.39, 0.29) is 12.6 Å². The Kier molecular flexibility index (Phi) is 6.04. The SMILES string of the molecule is Cc1ccccc1NC(=O)N(C)CCc1noc(COc2ccccc2)n1. The van der Waals surface area contributed by atoms with Gasteiger partial charge in [0, 0.05) is 25.7 Å². The van der Waals surface area contributed by atoms with E-state index in [1.165, 1.54) is 0 Å². The number of urea groups is 1. The molecule has 0 saturated heterocycles. The lowest BCUT2D eigenvalue weighted by molar-refractivity contribution is 0.222. The van der Waals surface area contributed by atoms with Crippen LogP contribution in [-0.4, -0.2) is 34.7 Å². The van der Waals surface area contributed by atoms with Gasteiger partial charge in [-0.25, -0.2) is 4.79 Å². The smallest absolute Gasteiger partial charge is 0.321 e. The Balaban J connectivity index is 1.46. The Bertz CT molecular complexity index is 880. The van der Waals surface area contributed by atoms with Crippen LogP contribution in [0, 0.1) is 6.92 Å². The van der Waals surface area contributed by atoms with Gasteiger partial charge in [-0.2, -0.15) is 4.98 Å². The summed E-state index contributed by atoms with van der Waals surface area (Å²) in [6.45, 7) is 2.63. The van der Waals surface area contributed by atoms with Crippen molar-refractivity contribution in [3.8, 4) is 5.75 Å². The minimum atomic E-state index is -0.180. The van der Waals surface area contributed by atoms with E-state index in [9.17, 15) is 4.79 Å². The monoisotopic (exact) mass is 366 g/mol. The summed E-state index contributed by atoms with van der Waals surface area (Å²) in [4.78, 5) is 18.2. The van der Waals surface area contributed by atoms with Crippen molar-refractivity contribution in [1.29, 1.82) is 0 Å². The van der Waals surface area contributed by atoms with Crippen molar-refractivity contribution >= 4 is 11.7 Å². The fourth-order valence-corrected chi connectivity index (χ4v) is 2.41. The standard InChI is InChI=1S/C20H22N4O3/c1-15-8-6-7-11-17(15)21-20(25)24(2)13-12-18-22-19(27-23-18)14-26-16-9-4-3-5-10-16/h3-11H,12-14H2,1-2H3,(H,21,25). The van der Waals surface area contributed by atoms with Crippen molar-refractivity contribution in [2.45, 2.75) is 20.0 Å². The summed E-state index contributed by atoms with van der Waals surface area (Å²) in [6, 6.07) is 16.9. The van der Waals surface area contributed by atoms with Crippen LogP contribution in [0.25, 0.3) is 0 Å². The summed E-state index contributed by atoms with van der Waals surface area (Å²) in [5.74, 6) is 1.68. The van der Waals surface area contributed by atoms with Crippen molar-refractivity contribution in [2.24, 2.45) is 0 Å². The summed E-state index contributed by atoms with van der Waals surface area (Å²) in [5, 5.41) is 6.83. The first-order chi connectivity index (χ1) is 13.1. The molecule has 3 rings (SSSR count). The lowest BCUT2D eigenvalue weighted by atomic mass is 10.2. The van der Waals surface area contributed by atoms with E-state index in [1.54, 1.807) is 11.9 Å². The average Bonchev–Trinajstić information content (AvgIpc) is 3.15. The molecule has 0 radical (unpaired) electrons. The molecule has 0 aliphatic rings. The number of hydrogen-bond donors (Lipinski definition) is 1. The van der Waals surface area contributed by atoms with Crippen molar-refractivity contribution < 1.29 is 14.1 Å². The molecule has 0 bridgehead atoms. The van der Waals surface area contributed by atoms with Crippen molar-refractivity contribution in [1.82, 2.24) is 15.0 Å². The number of anilines is 1. The number of ether oxygens (including phenoxy) is 1. The molecule has 0 spiro atoms. The first-order valence-corrected chi connectivity index (χ1v) is 8.69. The number of likely N-dealkylation sites (N-methyl/N-ethyl adjacent to an activating group) is 1. The molecule has 3 aromatic rings. The molecule has 140 valence electrons. The molecule has 7 heteroatoms. The predicted octanol–water partition coefficient (Wildman–Crippen LogP) is 3.66. The number of para-hydroxylation sites is 2. The maximum Gasteiger partial charge on any atom is 0.321 e. The molecule has 0 saturated carbocycles. The van der Waals surface area contributed by atoms with Crippen LogP contribution < -0.4 is 10.1 Å². The van der Waals surface area contributed by atoms with Crippen molar-refractivity contribution in [3.05, 3.63) is 71.9 Å². The summed E-state index contributed by atoms with van der Waals surface area (Å²) < 4.78 is 10.8. The van der Waals surface area contributed by atoms with Crippen LogP contribution >= 0.6 is 0 Å². The fourth-order valence-electron chi connectivity index (χ4n) is 2.41. The zero-order valence-corrected chi connectivity index (χ0v) is 15.4. The number of carbonyl (C=O) groups excluding carboxylic acids is 1. The number of rotatable bonds is 7. The van der Waals surface area contributed by atoms with Crippen LogP contribution in [0.15, 0.2) is 59.1 Å². The molecule has 0 fully saturated rings. The van der Waals surface area contributed by atoms with E-state index in [0.29, 0.717) is 24.7 Å². The number of carbonyl (C=O) groups is 1. The topological polar surface area (TPSA) is 80.5 Å². The van der Waals surface area contributed by atoms with Gasteiger partial charge in [0.1, 0.15) is 5.75 Å². The van der Waals surface area contributed by atoms with E-state index >= 15 is 0 Å². The molecule has 1 aromatic heterocycles. The molecule has 2 aromatic carbocycles. The van der Waals surface area contributed by atoms with Gasteiger partial charge in [-0.05, 0) is 30.7 Å². The third-order valence-corrected chi connectivity index (χ3v) is 4.02. The number of aromatic nitrogens is 2. The number of nitrogens with zero attached hydrogens (tertiary/aromatic N) is 3. The van der Waals surface area contributed by atoms with Crippen molar-refractivity contribution in [3.63, 3.8) is 0 Å². The quantitative estimate of drug-likeness (QED) is 0.690. The molecular weight excluding hydrogens is 344 g/mol. The molecule has 1 heterocycles. The molecule has 0 aliphatic heterocycles. The number of amides is 2. The fraction of sp³-hybridized carbons (Fsp3) is 0.250. The Morgan fingerprint density at radius 3 is 2.67 bits per heavy atom. The second-order valence-corrected chi connectivity index (χ2v) is 6.12. The second-order valence-electron chi connectivity index (χ2n) is 6.12. The minimum Gasteiger partial charge on any atom is -0.484 e. The Morgan fingerprint density at radius 2 is 1.89 bits per heavy atom. The molecule has 27 heavy (non-hydrogen) atoms. The Labute approximate surface area is 158 Å². The molecule has 0 unspecified atom stereocenters. The van der Waals surface area contributed by atoms with Gasteiger partial charge in [0.25, 0.3) is 5.89 Å². The third-order valence-electron chi connectivity index (χ3n) is 4.02. The minimum absolute atomic E-state index is 0.180. The lowest BCUT2D eigenvalue weighted by Gasteiger charge is -2.18. The molecule has 1 N–H and O–H groups in total. The molecular formula is C20H22N4O3. The van der Waals surface area contributed by atoms with Gasteiger partial charge in [-0.1, -0.05) is 41.6 Å². The second kappa shape index (κ2) is 8.84. The van der Waals surface area contributed by atoms with Gasteiger partial charge in [0.15, 0.2) is 12.4 Å². The molecule has 2 amide bonds. The predicted molar refractivity (Wildman–Crippen MR) is 102 cm³/mol. The molecule has 7 nitrogen and oxygen atoms in total. The summed E-state index contributed by atoms with van der Waals surface area (Å²) in [7, 11) is 1.73. The van der Waals surface area contributed by atoms with Crippen LogP contribution in [0.5, 0.6) is 5.75 Å². The summed E-state index contributed by atoms with van der Waals surface area (Å²) in [6.07, 6.45) is 0.493. The van der Waals surface area contributed by atoms with E-state index < -0.39 is 0 Å². The van der Waals surface area contributed by atoms with Crippen LogP contribution in [-0.2, 0) is 13.0 Å².